The van der Waals surface area contributed by atoms with E-state index in [-0.39, 0.29) is 17.2 Å². The summed E-state index contributed by atoms with van der Waals surface area (Å²) in [6.45, 7) is 0.407. The summed E-state index contributed by atoms with van der Waals surface area (Å²) in [4.78, 5) is 26.1. The van der Waals surface area contributed by atoms with E-state index in [1.165, 1.54) is 4.57 Å². The molecule has 0 aliphatic heterocycles. The molecule has 2 aromatic heterocycles. The normalized spacial score (nSPS) is 15.6. The van der Waals surface area contributed by atoms with Crippen LogP contribution in [0, 0.1) is 5.92 Å². The number of thioether (sulfide) groups is 1. The lowest BCUT2D eigenvalue weighted by molar-refractivity contribution is -0.164. The maximum Gasteiger partial charge on any atom is 0.406 e. The second kappa shape index (κ2) is 7.60. The van der Waals surface area contributed by atoms with E-state index in [0.29, 0.717) is 21.8 Å². The number of nitrogens with zero attached hydrogens (tertiary/aromatic N) is 5. The van der Waals surface area contributed by atoms with Crippen molar-refractivity contribution < 1.29 is 18.0 Å². The molecule has 0 N–H and O–H groups in total. The Balaban J connectivity index is 1.63. The molecule has 4 rings (SSSR count). The Labute approximate surface area is 173 Å². The number of amides is 1. The van der Waals surface area contributed by atoms with Crippen LogP contribution in [-0.2, 0) is 11.8 Å². The molecule has 1 unspecified atom stereocenters. The molecule has 3 aromatic rings. The van der Waals surface area contributed by atoms with Crippen molar-refractivity contribution >= 4 is 34.3 Å². The van der Waals surface area contributed by atoms with Gasteiger partial charge in [0.15, 0.2) is 5.16 Å². The van der Waals surface area contributed by atoms with E-state index in [4.69, 9.17) is 0 Å². The molecule has 1 amide bonds. The standard InChI is InChI=1S/C19H20F3N5O2S/c1-11(12-7-8-12)26(10-19(20,21)22)15(28)9-30-18-24-23-17-25(2)16(29)13-5-3-4-6-14(13)27(17)18/h3-6,11-12H,7-10H2,1-2H3. The van der Waals surface area contributed by atoms with Crippen LogP contribution in [-0.4, -0.2) is 54.5 Å². The number of carbonyl (C=O) groups is 1. The monoisotopic (exact) mass is 439 g/mol. The molecule has 1 aliphatic carbocycles. The first-order valence-electron chi connectivity index (χ1n) is 9.49. The topological polar surface area (TPSA) is 72.5 Å². The number of fused-ring (bicyclic) bond motifs is 3. The number of hydrogen-bond donors (Lipinski definition) is 0. The number of hydrogen-bond acceptors (Lipinski definition) is 5. The SMILES string of the molecule is CC(C1CC1)N(CC(F)(F)F)C(=O)CSc1nnc2n(C)c(=O)c3ccccc3n12. The molecule has 1 saturated carbocycles. The average Bonchev–Trinajstić information content (AvgIpc) is 3.46. The summed E-state index contributed by atoms with van der Waals surface area (Å²) in [6, 6.07) is 6.47. The van der Waals surface area contributed by atoms with E-state index in [1.54, 1.807) is 42.6 Å². The van der Waals surface area contributed by atoms with Crippen molar-refractivity contribution in [2.75, 3.05) is 12.3 Å². The molecular weight excluding hydrogens is 419 g/mol. The third-order valence-electron chi connectivity index (χ3n) is 5.39. The zero-order valence-corrected chi connectivity index (χ0v) is 17.2. The number of para-hydroxylation sites is 1. The molecule has 11 heteroatoms. The number of alkyl halides is 3. The molecule has 1 aromatic carbocycles. The van der Waals surface area contributed by atoms with Gasteiger partial charge in [-0.05, 0) is 37.8 Å². The zero-order chi connectivity index (χ0) is 21.6. The van der Waals surface area contributed by atoms with Gasteiger partial charge in [-0.1, -0.05) is 23.9 Å². The third kappa shape index (κ3) is 3.90. The molecule has 1 aliphatic rings. The summed E-state index contributed by atoms with van der Waals surface area (Å²) in [5.74, 6) is -0.381. The second-order valence-electron chi connectivity index (χ2n) is 7.50. The minimum Gasteiger partial charge on any atom is -0.330 e. The Kier molecular flexibility index (Phi) is 5.25. The third-order valence-corrected chi connectivity index (χ3v) is 6.30. The summed E-state index contributed by atoms with van der Waals surface area (Å²) >= 11 is 1.01. The van der Waals surface area contributed by atoms with Crippen molar-refractivity contribution in [2.45, 2.75) is 37.1 Å². The molecule has 1 fully saturated rings. The zero-order valence-electron chi connectivity index (χ0n) is 16.4. The highest BCUT2D eigenvalue weighted by molar-refractivity contribution is 7.99. The average molecular weight is 439 g/mol. The molecule has 0 spiro atoms. The smallest absolute Gasteiger partial charge is 0.330 e. The van der Waals surface area contributed by atoms with Crippen molar-refractivity contribution in [2.24, 2.45) is 13.0 Å². The molecule has 7 nitrogen and oxygen atoms in total. The van der Waals surface area contributed by atoms with E-state index in [2.05, 4.69) is 10.2 Å². The number of aromatic nitrogens is 4. The van der Waals surface area contributed by atoms with Gasteiger partial charge in [-0.25, -0.2) is 0 Å². The van der Waals surface area contributed by atoms with Crippen LogP contribution in [0.15, 0.2) is 34.2 Å². The fourth-order valence-electron chi connectivity index (χ4n) is 3.60. The van der Waals surface area contributed by atoms with Gasteiger partial charge in [0.2, 0.25) is 11.7 Å². The van der Waals surface area contributed by atoms with Crippen LogP contribution in [0.2, 0.25) is 0 Å². The lowest BCUT2D eigenvalue weighted by Crippen LogP contribution is -2.46. The van der Waals surface area contributed by atoms with Gasteiger partial charge in [-0.3, -0.25) is 18.6 Å². The number of carbonyl (C=O) groups excluding carboxylic acids is 1. The molecule has 2 heterocycles. The quantitative estimate of drug-likeness (QED) is 0.553. The van der Waals surface area contributed by atoms with E-state index < -0.39 is 24.7 Å². The summed E-state index contributed by atoms with van der Waals surface area (Å²) < 4.78 is 42.1. The van der Waals surface area contributed by atoms with E-state index in [0.717, 1.165) is 29.5 Å². The Bertz CT molecular complexity index is 1170. The molecule has 0 radical (unpaired) electrons. The minimum absolute atomic E-state index is 0.119. The highest BCUT2D eigenvalue weighted by Gasteiger charge is 2.40. The first kappa shape index (κ1) is 20.7. The Morgan fingerprint density at radius 1 is 1.30 bits per heavy atom. The van der Waals surface area contributed by atoms with Gasteiger partial charge >= 0.3 is 6.18 Å². The Hall–Kier alpha value is -2.56. The van der Waals surface area contributed by atoms with Gasteiger partial charge in [0, 0.05) is 13.1 Å². The summed E-state index contributed by atoms with van der Waals surface area (Å²) in [7, 11) is 1.57. The maximum absolute atomic E-state index is 13.0. The van der Waals surface area contributed by atoms with E-state index in [9.17, 15) is 22.8 Å². The summed E-state index contributed by atoms with van der Waals surface area (Å²) in [6.07, 6.45) is -2.78. The second-order valence-corrected chi connectivity index (χ2v) is 8.45. The van der Waals surface area contributed by atoms with Gasteiger partial charge < -0.3 is 4.90 Å². The number of aryl methyl sites for hydroxylation is 1. The van der Waals surface area contributed by atoms with Crippen molar-refractivity contribution in [3.05, 3.63) is 34.6 Å². The van der Waals surface area contributed by atoms with Crippen molar-refractivity contribution in [1.82, 2.24) is 24.1 Å². The van der Waals surface area contributed by atoms with Gasteiger partial charge in [0.25, 0.3) is 5.56 Å². The lowest BCUT2D eigenvalue weighted by Gasteiger charge is -2.30. The highest BCUT2D eigenvalue weighted by Crippen LogP contribution is 2.36. The number of benzene rings is 1. The molecule has 0 bridgehead atoms. The predicted molar refractivity (Wildman–Crippen MR) is 106 cm³/mol. The first-order valence-corrected chi connectivity index (χ1v) is 10.5. The van der Waals surface area contributed by atoms with Gasteiger partial charge in [0.1, 0.15) is 6.54 Å². The minimum atomic E-state index is -4.46. The highest BCUT2D eigenvalue weighted by atomic mass is 32.2. The number of rotatable bonds is 6. The van der Waals surface area contributed by atoms with Crippen molar-refractivity contribution in [3.63, 3.8) is 0 Å². The lowest BCUT2D eigenvalue weighted by atomic mass is 10.2. The van der Waals surface area contributed by atoms with Crippen LogP contribution in [0.3, 0.4) is 0 Å². The van der Waals surface area contributed by atoms with Gasteiger partial charge in [-0.2, -0.15) is 13.2 Å². The molecule has 0 saturated heterocycles. The van der Waals surface area contributed by atoms with Crippen LogP contribution < -0.4 is 5.56 Å². The summed E-state index contributed by atoms with van der Waals surface area (Å²) in [5.41, 5.74) is 0.349. The van der Waals surface area contributed by atoms with E-state index >= 15 is 0 Å². The molecule has 160 valence electrons. The van der Waals surface area contributed by atoms with Gasteiger partial charge in [0.05, 0.1) is 16.7 Å². The molecular formula is C19H20F3N5O2S. The van der Waals surface area contributed by atoms with Crippen LogP contribution in [0.5, 0.6) is 0 Å². The van der Waals surface area contributed by atoms with Crippen molar-refractivity contribution in [1.29, 1.82) is 0 Å². The fraction of sp³-hybridized carbons (Fsp3) is 0.474. The van der Waals surface area contributed by atoms with Crippen LogP contribution in [0.25, 0.3) is 16.7 Å². The van der Waals surface area contributed by atoms with Crippen LogP contribution in [0.4, 0.5) is 13.2 Å². The summed E-state index contributed by atoms with van der Waals surface area (Å²) in [5, 5.41) is 8.91. The Morgan fingerprint density at radius 2 is 2.00 bits per heavy atom. The Morgan fingerprint density at radius 3 is 2.67 bits per heavy atom. The maximum atomic E-state index is 13.0. The molecule has 1 atom stereocenters. The van der Waals surface area contributed by atoms with E-state index in [1.807, 2.05) is 0 Å². The predicted octanol–water partition coefficient (Wildman–Crippen LogP) is 2.86. The van der Waals surface area contributed by atoms with Crippen LogP contribution in [0.1, 0.15) is 19.8 Å². The van der Waals surface area contributed by atoms with Crippen LogP contribution >= 0.6 is 11.8 Å². The fourth-order valence-corrected chi connectivity index (χ4v) is 4.43. The van der Waals surface area contributed by atoms with Crippen molar-refractivity contribution in [3.8, 4) is 0 Å². The van der Waals surface area contributed by atoms with Gasteiger partial charge in [-0.15, -0.1) is 10.2 Å². The number of halogens is 3. The first-order chi connectivity index (χ1) is 14.2. The largest absolute Gasteiger partial charge is 0.406 e. The molecule has 30 heavy (non-hydrogen) atoms.